The molecule has 3 rings (SSSR count). The fourth-order valence-corrected chi connectivity index (χ4v) is 2.71. The number of hydrogen-bond donors (Lipinski definition) is 2. The van der Waals surface area contributed by atoms with Gasteiger partial charge in [0.15, 0.2) is 0 Å². The van der Waals surface area contributed by atoms with Crippen LogP contribution in [0.2, 0.25) is 5.02 Å². The van der Waals surface area contributed by atoms with E-state index in [0.29, 0.717) is 33.2 Å². The normalized spacial score (nSPS) is 10.3. The van der Waals surface area contributed by atoms with Crippen LogP contribution in [0.3, 0.4) is 0 Å². The van der Waals surface area contributed by atoms with Crippen LogP contribution in [0, 0.1) is 11.3 Å². The first kappa shape index (κ1) is 16.6. The van der Waals surface area contributed by atoms with Gasteiger partial charge in [0.05, 0.1) is 12.8 Å². The molecule has 1 heterocycles. The Morgan fingerprint density at radius 3 is 2.48 bits per heavy atom. The summed E-state index contributed by atoms with van der Waals surface area (Å²) in [6, 6.07) is 15.1. The van der Waals surface area contributed by atoms with E-state index >= 15 is 0 Å². The molecule has 25 heavy (non-hydrogen) atoms. The van der Waals surface area contributed by atoms with Gasteiger partial charge in [0.25, 0.3) is 5.56 Å². The van der Waals surface area contributed by atoms with Crippen LogP contribution in [-0.4, -0.2) is 17.2 Å². The van der Waals surface area contributed by atoms with Gasteiger partial charge in [-0.05, 0) is 42.0 Å². The second kappa shape index (κ2) is 6.71. The maximum absolute atomic E-state index is 12.3. The number of phenols is 1. The molecule has 0 radical (unpaired) electrons. The molecule has 0 fully saturated rings. The molecule has 0 atom stereocenters. The number of aromatic amines is 1. The maximum atomic E-state index is 12.3. The van der Waals surface area contributed by atoms with Crippen molar-refractivity contribution >= 4 is 11.6 Å². The third kappa shape index (κ3) is 3.21. The molecule has 3 aromatic rings. The zero-order valence-corrected chi connectivity index (χ0v) is 14.0. The molecule has 0 aliphatic rings. The molecule has 0 amide bonds. The van der Waals surface area contributed by atoms with E-state index in [9.17, 15) is 15.2 Å². The minimum absolute atomic E-state index is 0.00423. The summed E-state index contributed by atoms with van der Waals surface area (Å²) in [5.74, 6) is 0.644. The Hall–Kier alpha value is -3.23. The predicted octanol–water partition coefficient (Wildman–Crippen LogP) is 3.95. The average molecular weight is 353 g/mol. The van der Waals surface area contributed by atoms with Gasteiger partial charge in [0, 0.05) is 16.1 Å². The topological polar surface area (TPSA) is 86.1 Å². The van der Waals surface area contributed by atoms with Crippen LogP contribution in [0.5, 0.6) is 11.5 Å². The lowest BCUT2D eigenvalue weighted by atomic mass is 9.99. The Balaban J connectivity index is 2.24. The number of nitrogens with one attached hydrogen (secondary N) is 1. The molecular formula is C19H13ClN2O3. The summed E-state index contributed by atoms with van der Waals surface area (Å²) in [7, 11) is 1.56. The Bertz CT molecular complexity index is 1030. The van der Waals surface area contributed by atoms with Gasteiger partial charge in [0.1, 0.15) is 23.1 Å². The Kier molecular flexibility index (Phi) is 4.46. The molecule has 0 bridgehead atoms. The Morgan fingerprint density at radius 2 is 1.84 bits per heavy atom. The van der Waals surface area contributed by atoms with Crippen LogP contribution in [0.25, 0.3) is 22.4 Å². The Morgan fingerprint density at radius 1 is 1.12 bits per heavy atom. The molecule has 0 saturated carbocycles. The van der Waals surface area contributed by atoms with Crippen LogP contribution in [0.15, 0.2) is 53.3 Å². The minimum Gasteiger partial charge on any atom is -0.507 e. The van der Waals surface area contributed by atoms with Crippen LogP contribution in [-0.2, 0) is 0 Å². The van der Waals surface area contributed by atoms with E-state index in [2.05, 4.69) is 4.98 Å². The molecule has 0 saturated heterocycles. The summed E-state index contributed by atoms with van der Waals surface area (Å²) in [6.07, 6.45) is 0. The van der Waals surface area contributed by atoms with Gasteiger partial charge < -0.3 is 14.8 Å². The quantitative estimate of drug-likeness (QED) is 0.747. The van der Waals surface area contributed by atoms with Gasteiger partial charge in [-0.3, -0.25) is 4.79 Å². The molecular weight excluding hydrogens is 340 g/mol. The molecule has 6 heteroatoms. The third-order valence-electron chi connectivity index (χ3n) is 3.79. The van der Waals surface area contributed by atoms with Gasteiger partial charge in [-0.2, -0.15) is 5.26 Å². The zero-order valence-electron chi connectivity index (χ0n) is 13.2. The van der Waals surface area contributed by atoms with Gasteiger partial charge >= 0.3 is 0 Å². The van der Waals surface area contributed by atoms with Crippen LogP contribution in [0.4, 0.5) is 0 Å². The number of ether oxygens (including phenoxy) is 1. The van der Waals surface area contributed by atoms with Crippen molar-refractivity contribution in [2.75, 3.05) is 7.11 Å². The summed E-state index contributed by atoms with van der Waals surface area (Å²) in [6.45, 7) is 0. The van der Waals surface area contributed by atoms with E-state index in [1.807, 2.05) is 6.07 Å². The van der Waals surface area contributed by atoms with Crippen molar-refractivity contribution < 1.29 is 9.84 Å². The summed E-state index contributed by atoms with van der Waals surface area (Å²) < 4.78 is 5.13. The third-order valence-corrected chi connectivity index (χ3v) is 4.03. The van der Waals surface area contributed by atoms with Crippen molar-refractivity contribution in [2.24, 2.45) is 0 Å². The second-order valence-electron chi connectivity index (χ2n) is 5.30. The largest absolute Gasteiger partial charge is 0.507 e. The number of methoxy groups -OCH3 is 1. The number of H-pyrrole nitrogens is 1. The molecule has 0 unspecified atom stereocenters. The van der Waals surface area contributed by atoms with Crippen molar-refractivity contribution in [3.63, 3.8) is 0 Å². The predicted molar refractivity (Wildman–Crippen MR) is 95.9 cm³/mol. The number of nitriles is 1. The van der Waals surface area contributed by atoms with Crippen molar-refractivity contribution in [2.45, 2.75) is 0 Å². The van der Waals surface area contributed by atoms with E-state index in [-0.39, 0.29) is 11.3 Å². The molecule has 1 aromatic heterocycles. The first-order valence-electron chi connectivity index (χ1n) is 7.34. The molecule has 2 aromatic carbocycles. The summed E-state index contributed by atoms with van der Waals surface area (Å²) in [5.41, 5.74) is 1.36. The van der Waals surface area contributed by atoms with Gasteiger partial charge in [0.2, 0.25) is 0 Å². The lowest BCUT2D eigenvalue weighted by molar-refractivity contribution is 0.415. The highest BCUT2D eigenvalue weighted by Gasteiger charge is 2.14. The fraction of sp³-hybridized carbons (Fsp3) is 0.0526. The highest BCUT2D eigenvalue weighted by atomic mass is 35.5. The number of hydrogen-bond acceptors (Lipinski definition) is 4. The molecule has 2 N–H and O–H groups in total. The number of phenolic OH excluding ortho intramolecular Hbond substituents is 1. The highest BCUT2D eigenvalue weighted by molar-refractivity contribution is 6.30. The van der Waals surface area contributed by atoms with Crippen molar-refractivity contribution in [3.8, 4) is 40.0 Å². The number of pyridine rings is 1. The van der Waals surface area contributed by atoms with Crippen LogP contribution < -0.4 is 10.3 Å². The summed E-state index contributed by atoms with van der Waals surface area (Å²) in [5, 5.41) is 19.9. The monoisotopic (exact) mass is 352 g/mol. The second-order valence-corrected chi connectivity index (χ2v) is 5.74. The standard InChI is InChI=1S/C19H13ClN2O3/c1-25-13-5-2-11(3-6-13)14-9-17(22-19(24)16(14)10-21)15-8-12(20)4-7-18(15)23/h2-9,23H,1H3,(H,22,24). The van der Waals surface area contributed by atoms with Crippen molar-refractivity contribution in [1.29, 1.82) is 5.26 Å². The van der Waals surface area contributed by atoms with Crippen LogP contribution >= 0.6 is 11.6 Å². The lowest BCUT2D eigenvalue weighted by Crippen LogP contribution is -2.12. The van der Waals surface area contributed by atoms with Crippen LogP contribution in [0.1, 0.15) is 5.56 Å². The molecule has 0 spiro atoms. The first-order chi connectivity index (χ1) is 12.0. The van der Waals surface area contributed by atoms with Gasteiger partial charge in [-0.1, -0.05) is 23.7 Å². The number of halogens is 1. The SMILES string of the molecule is COc1ccc(-c2cc(-c3cc(Cl)ccc3O)[nH]c(=O)c2C#N)cc1. The highest BCUT2D eigenvalue weighted by Crippen LogP contribution is 2.33. The Labute approximate surface area is 148 Å². The summed E-state index contributed by atoms with van der Waals surface area (Å²) >= 11 is 5.99. The lowest BCUT2D eigenvalue weighted by Gasteiger charge is -2.10. The molecule has 0 aliphatic heterocycles. The van der Waals surface area contributed by atoms with E-state index in [1.165, 1.54) is 6.07 Å². The number of rotatable bonds is 3. The number of aromatic hydroxyl groups is 1. The van der Waals surface area contributed by atoms with Crippen molar-refractivity contribution in [3.05, 3.63) is 69.5 Å². The number of aromatic nitrogens is 1. The number of benzene rings is 2. The fourth-order valence-electron chi connectivity index (χ4n) is 2.54. The van der Waals surface area contributed by atoms with Gasteiger partial charge in [-0.25, -0.2) is 0 Å². The van der Waals surface area contributed by atoms with E-state index in [1.54, 1.807) is 49.6 Å². The first-order valence-corrected chi connectivity index (χ1v) is 7.72. The van der Waals surface area contributed by atoms with E-state index < -0.39 is 5.56 Å². The summed E-state index contributed by atoms with van der Waals surface area (Å²) in [4.78, 5) is 15.0. The average Bonchev–Trinajstić information content (AvgIpc) is 2.63. The van der Waals surface area contributed by atoms with E-state index in [4.69, 9.17) is 16.3 Å². The van der Waals surface area contributed by atoms with Gasteiger partial charge in [-0.15, -0.1) is 0 Å². The van der Waals surface area contributed by atoms with Crippen molar-refractivity contribution in [1.82, 2.24) is 4.98 Å². The molecule has 5 nitrogen and oxygen atoms in total. The molecule has 124 valence electrons. The number of nitrogens with zero attached hydrogens (tertiary/aromatic N) is 1. The zero-order chi connectivity index (χ0) is 18.0. The minimum atomic E-state index is -0.537. The maximum Gasteiger partial charge on any atom is 0.266 e. The van der Waals surface area contributed by atoms with E-state index in [0.717, 1.165) is 0 Å². The smallest absolute Gasteiger partial charge is 0.266 e. The molecule has 0 aliphatic carbocycles.